The largest absolute Gasteiger partial charge is 0.381 e. The smallest absolute Gasteiger partial charge is 0.0523 e. The standard InChI is InChI=1S/C15H18ClN3O.C4H8O/c1-19(18-20)12-4-2-3-10(7-12)14-9-17-15-6-5-11(16)8-13(14)15;1-2-4-5-3-1/h5-6,8-10,12,17H,2-4,7H2,1H3;1-4H2. The summed E-state index contributed by atoms with van der Waals surface area (Å²) in [7, 11) is 1.77. The van der Waals surface area contributed by atoms with Gasteiger partial charge in [-0.05, 0) is 61.8 Å². The van der Waals surface area contributed by atoms with E-state index in [4.69, 9.17) is 16.3 Å². The van der Waals surface area contributed by atoms with Gasteiger partial charge in [0.1, 0.15) is 0 Å². The molecule has 1 aromatic heterocycles. The number of nitrogens with one attached hydrogen (secondary N) is 1. The lowest BCUT2D eigenvalue weighted by atomic mass is 9.81. The quantitative estimate of drug-likeness (QED) is 0.597. The molecule has 1 aromatic carbocycles. The van der Waals surface area contributed by atoms with Crippen molar-refractivity contribution in [3.63, 3.8) is 0 Å². The molecule has 0 spiro atoms. The molecule has 2 heterocycles. The van der Waals surface area contributed by atoms with E-state index in [1.165, 1.54) is 23.8 Å². The molecule has 0 bridgehead atoms. The van der Waals surface area contributed by atoms with E-state index in [1.807, 2.05) is 18.2 Å². The molecule has 1 saturated carbocycles. The minimum Gasteiger partial charge on any atom is -0.381 e. The van der Waals surface area contributed by atoms with Crippen molar-refractivity contribution in [1.29, 1.82) is 0 Å². The lowest BCUT2D eigenvalue weighted by Gasteiger charge is -2.32. The molecule has 0 radical (unpaired) electrons. The predicted molar refractivity (Wildman–Crippen MR) is 102 cm³/mol. The molecule has 2 fully saturated rings. The summed E-state index contributed by atoms with van der Waals surface area (Å²) >= 11 is 6.11. The third kappa shape index (κ3) is 4.53. The number of hydrogen-bond acceptors (Lipinski definition) is 3. The number of nitroso groups, excluding NO2 is 1. The van der Waals surface area contributed by atoms with Gasteiger partial charge in [0.2, 0.25) is 0 Å². The van der Waals surface area contributed by atoms with Crippen LogP contribution in [0.25, 0.3) is 10.9 Å². The van der Waals surface area contributed by atoms with Gasteiger partial charge < -0.3 is 9.72 Å². The van der Waals surface area contributed by atoms with E-state index >= 15 is 0 Å². The summed E-state index contributed by atoms with van der Waals surface area (Å²) in [6.45, 7) is 2.00. The molecular formula is C19H26ClN3O2. The average Bonchev–Trinajstić information content (AvgIpc) is 3.34. The Morgan fingerprint density at radius 3 is 2.72 bits per heavy atom. The minimum absolute atomic E-state index is 0.246. The molecular weight excluding hydrogens is 338 g/mol. The Balaban J connectivity index is 0.000000314. The van der Waals surface area contributed by atoms with Crippen LogP contribution in [-0.2, 0) is 4.74 Å². The molecule has 1 aliphatic carbocycles. The summed E-state index contributed by atoms with van der Waals surface area (Å²) in [5.41, 5.74) is 2.43. The number of halogens is 1. The summed E-state index contributed by atoms with van der Waals surface area (Å²) < 4.78 is 4.94. The van der Waals surface area contributed by atoms with Crippen LogP contribution in [-0.4, -0.2) is 36.3 Å². The number of benzene rings is 1. The Bertz CT molecular complexity index is 691. The molecule has 6 heteroatoms. The topological polar surface area (TPSA) is 57.7 Å². The first kappa shape index (κ1) is 18.2. The van der Waals surface area contributed by atoms with Crippen molar-refractivity contribution < 1.29 is 4.74 Å². The molecule has 0 amide bonds. The third-order valence-electron chi connectivity index (χ3n) is 5.25. The molecule has 1 saturated heterocycles. The third-order valence-corrected chi connectivity index (χ3v) is 5.48. The van der Waals surface area contributed by atoms with Gasteiger partial charge in [-0.25, -0.2) is 0 Å². The number of ether oxygens (including phenoxy) is 1. The monoisotopic (exact) mass is 363 g/mol. The summed E-state index contributed by atoms with van der Waals surface area (Å²) in [5.74, 6) is 0.463. The Morgan fingerprint density at radius 2 is 2.04 bits per heavy atom. The van der Waals surface area contributed by atoms with Crippen molar-refractivity contribution in [2.75, 3.05) is 20.3 Å². The van der Waals surface area contributed by atoms with Crippen molar-refractivity contribution in [3.8, 4) is 0 Å². The second-order valence-electron chi connectivity index (χ2n) is 6.93. The van der Waals surface area contributed by atoms with Gasteiger partial charge in [-0.2, -0.15) is 0 Å². The molecule has 2 aromatic rings. The van der Waals surface area contributed by atoms with E-state index in [9.17, 15) is 4.91 Å². The molecule has 5 nitrogen and oxygen atoms in total. The van der Waals surface area contributed by atoms with Crippen LogP contribution in [0, 0.1) is 4.91 Å². The van der Waals surface area contributed by atoms with Crippen LogP contribution in [0.2, 0.25) is 5.02 Å². The van der Waals surface area contributed by atoms with Crippen molar-refractivity contribution in [3.05, 3.63) is 39.9 Å². The van der Waals surface area contributed by atoms with Gasteiger partial charge in [-0.1, -0.05) is 18.0 Å². The summed E-state index contributed by atoms with van der Waals surface area (Å²) in [6, 6.07) is 6.18. The fourth-order valence-electron chi connectivity index (χ4n) is 3.82. The van der Waals surface area contributed by atoms with Gasteiger partial charge in [0.15, 0.2) is 0 Å². The molecule has 1 N–H and O–H groups in total. The van der Waals surface area contributed by atoms with Gasteiger partial charge in [-0.15, -0.1) is 4.91 Å². The first-order valence-electron chi connectivity index (χ1n) is 9.09. The van der Waals surface area contributed by atoms with E-state index in [-0.39, 0.29) is 6.04 Å². The first-order valence-corrected chi connectivity index (χ1v) is 9.47. The number of fused-ring (bicyclic) bond motifs is 1. The maximum absolute atomic E-state index is 10.7. The number of H-pyrrole nitrogens is 1. The molecule has 2 unspecified atom stereocenters. The fraction of sp³-hybridized carbons (Fsp3) is 0.579. The maximum Gasteiger partial charge on any atom is 0.0523 e. The Labute approximate surface area is 153 Å². The highest BCUT2D eigenvalue weighted by atomic mass is 35.5. The second kappa shape index (κ2) is 8.68. The van der Waals surface area contributed by atoms with Crippen LogP contribution in [0.15, 0.2) is 29.7 Å². The Hall–Kier alpha value is -1.59. The molecule has 4 rings (SSSR count). The van der Waals surface area contributed by atoms with E-state index in [0.29, 0.717) is 5.92 Å². The van der Waals surface area contributed by atoms with Gasteiger partial charge >= 0.3 is 0 Å². The fourth-order valence-corrected chi connectivity index (χ4v) is 3.99. The van der Waals surface area contributed by atoms with Crippen LogP contribution >= 0.6 is 11.6 Å². The minimum atomic E-state index is 0.246. The zero-order valence-electron chi connectivity index (χ0n) is 14.7. The lowest BCUT2D eigenvalue weighted by molar-refractivity contribution is 0.184. The summed E-state index contributed by atoms with van der Waals surface area (Å²) in [5, 5.41) is 6.58. The van der Waals surface area contributed by atoms with Gasteiger partial charge in [0.25, 0.3) is 0 Å². The van der Waals surface area contributed by atoms with E-state index < -0.39 is 0 Å². The Kier molecular flexibility index (Phi) is 6.32. The predicted octanol–water partition coefficient (Wildman–Crippen LogP) is 5.26. The highest BCUT2D eigenvalue weighted by Crippen LogP contribution is 2.38. The van der Waals surface area contributed by atoms with Crippen molar-refractivity contribution in [2.24, 2.45) is 5.29 Å². The Morgan fingerprint density at radius 1 is 1.24 bits per heavy atom. The first-order chi connectivity index (χ1) is 12.2. The molecule has 2 atom stereocenters. The van der Waals surface area contributed by atoms with Crippen molar-refractivity contribution >= 4 is 22.5 Å². The van der Waals surface area contributed by atoms with E-state index in [1.54, 1.807) is 12.1 Å². The zero-order chi connectivity index (χ0) is 17.6. The number of aromatic nitrogens is 1. The van der Waals surface area contributed by atoms with Crippen molar-refractivity contribution in [1.82, 2.24) is 9.99 Å². The van der Waals surface area contributed by atoms with Gasteiger partial charge in [0.05, 0.1) is 11.3 Å². The average molecular weight is 364 g/mol. The van der Waals surface area contributed by atoms with Crippen LogP contribution in [0.3, 0.4) is 0 Å². The zero-order valence-corrected chi connectivity index (χ0v) is 15.5. The number of nitrogens with zero attached hydrogens (tertiary/aromatic N) is 2. The summed E-state index contributed by atoms with van der Waals surface area (Å²) in [6.07, 6.45) is 8.94. The SMILES string of the molecule is C1CCOC1.CN(N=O)C1CCCC(c2c[nH]c3ccc(Cl)cc23)C1. The second-order valence-corrected chi connectivity index (χ2v) is 7.36. The van der Waals surface area contributed by atoms with Crippen LogP contribution in [0.1, 0.15) is 50.0 Å². The molecule has 136 valence electrons. The molecule has 1 aliphatic heterocycles. The van der Waals surface area contributed by atoms with Gasteiger partial charge in [-0.3, -0.25) is 5.01 Å². The van der Waals surface area contributed by atoms with E-state index in [2.05, 4.69) is 16.5 Å². The maximum atomic E-state index is 10.7. The van der Waals surface area contributed by atoms with E-state index in [0.717, 1.165) is 49.4 Å². The lowest BCUT2D eigenvalue weighted by Crippen LogP contribution is -2.31. The van der Waals surface area contributed by atoms with Crippen LogP contribution < -0.4 is 0 Å². The summed E-state index contributed by atoms with van der Waals surface area (Å²) in [4.78, 5) is 14.0. The highest BCUT2D eigenvalue weighted by molar-refractivity contribution is 6.31. The number of rotatable bonds is 3. The normalized spacial score (nSPS) is 23.1. The molecule has 25 heavy (non-hydrogen) atoms. The molecule has 2 aliphatic rings. The van der Waals surface area contributed by atoms with Gasteiger partial charge in [0, 0.05) is 42.4 Å². The number of aromatic amines is 1. The highest BCUT2D eigenvalue weighted by Gasteiger charge is 2.27. The van der Waals surface area contributed by atoms with Crippen LogP contribution in [0.5, 0.6) is 0 Å². The number of hydrogen-bond donors (Lipinski definition) is 1. The van der Waals surface area contributed by atoms with Crippen molar-refractivity contribution in [2.45, 2.75) is 50.5 Å². The van der Waals surface area contributed by atoms with Crippen LogP contribution in [0.4, 0.5) is 0 Å².